The van der Waals surface area contributed by atoms with Crippen molar-refractivity contribution in [3.63, 3.8) is 0 Å². The molecule has 2 aliphatic carbocycles. The Labute approximate surface area is 276 Å². The maximum Gasteiger partial charge on any atom is 0.338 e. The third kappa shape index (κ3) is 8.07. The SMILES string of the molecule is CC(=O)O[C@H]1[C@H](C)C=CC(C)(C)C(=O)C[C@@H](OC(=O)c2ccccc2)C(C)=C[C@H]2[C@@H](OC(=O)c3ccccc3)[C@H](C)C[C@@]21OC(C)=O. The summed E-state index contributed by atoms with van der Waals surface area (Å²) in [5.41, 5.74) is -1.30. The van der Waals surface area contributed by atoms with Gasteiger partial charge < -0.3 is 18.9 Å². The molecule has 0 N–H and O–H groups in total. The summed E-state index contributed by atoms with van der Waals surface area (Å²) in [5.74, 6) is -4.29. The number of allylic oxidation sites excluding steroid dienone is 1. The molecule has 0 heterocycles. The van der Waals surface area contributed by atoms with E-state index in [0.29, 0.717) is 16.7 Å². The van der Waals surface area contributed by atoms with Gasteiger partial charge in [0.15, 0.2) is 5.60 Å². The third-order valence-corrected chi connectivity index (χ3v) is 9.07. The highest BCUT2D eigenvalue weighted by Gasteiger charge is 2.62. The van der Waals surface area contributed by atoms with Gasteiger partial charge in [0.25, 0.3) is 0 Å². The van der Waals surface area contributed by atoms with Crippen molar-refractivity contribution in [2.24, 2.45) is 23.2 Å². The van der Waals surface area contributed by atoms with E-state index in [1.54, 1.807) is 99.7 Å². The summed E-state index contributed by atoms with van der Waals surface area (Å²) in [6.45, 7) is 11.5. The highest BCUT2D eigenvalue weighted by molar-refractivity contribution is 5.91. The van der Waals surface area contributed by atoms with Gasteiger partial charge in [0, 0.05) is 31.6 Å². The molecule has 0 aliphatic heterocycles. The number of hydrogen-bond donors (Lipinski definition) is 0. The van der Waals surface area contributed by atoms with E-state index >= 15 is 0 Å². The zero-order chi connectivity index (χ0) is 34.5. The Hall–Kier alpha value is -4.53. The van der Waals surface area contributed by atoms with Crippen molar-refractivity contribution >= 4 is 29.7 Å². The van der Waals surface area contributed by atoms with E-state index in [4.69, 9.17) is 18.9 Å². The Bertz CT molecular complexity index is 1540. The Morgan fingerprint density at radius 3 is 1.87 bits per heavy atom. The van der Waals surface area contributed by atoms with Gasteiger partial charge in [0.1, 0.15) is 24.1 Å². The fraction of sp³-hybridized carbons (Fsp3) is 0.447. The monoisotopic (exact) mass is 644 g/mol. The van der Waals surface area contributed by atoms with E-state index in [9.17, 15) is 24.0 Å². The van der Waals surface area contributed by atoms with Crippen molar-refractivity contribution in [2.75, 3.05) is 0 Å². The first kappa shape index (κ1) is 35.3. The number of benzene rings is 2. The third-order valence-electron chi connectivity index (χ3n) is 9.07. The lowest BCUT2D eigenvalue weighted by molar-refractivity contribution is -0.195. The fourth-order valence-electron chi connectivity index (χ4n) is 6.63. The van der Waals surface area contributed by atoms with Gasteiger partial charge in [-0.05, 0) is 62.9 Å². The molecule has 0 radical (unpaired) electrons. The molecule has 4 rings (SSSR count). The maximum atomic E-state index is 13.8. The van der Waals surface area contributed by atoms with Crippen LogP contribution in [0.3, 0.4) is 0 Å². The van der Waals surface area contributed by atoms with Gasteiger partial charge in [-0.3, -0.25) is 14.4 Å². The highest BCUT2D eigenvalue weighted by Crippen LogP contribution is 2.51. The second-order valence-corrected chi connectivity index (χ2v) is 13.3. The molecule has 0 saturated heterocycles. The maximum absolute atomic E-state index is 13.8. The van der Waals surface area contributed by atoms with Crippen LogP contribution in [0.1, 0.15) is 82.0 Å². The molecule has 0 bridgehead atoms. The van der Waals surface area contributed by atoms with E-state index in [0.717, 1.165) is 0 Å². The Balaban J connectivity index is 1.92. The summed E-state index contributed by atoms with van der Waals surface area (Å²) >= 11 is 0. The van der Waals surface area contributed by atoms with E-state index in [-0.39, 0.29) is 24.5 Å². The van der Waals surface area contributed by atoms with Crippen LogP contribution in [0.15, 0.2) is 84.5 Å². The standard InChI is InChI=1S/C38H44O9/c1-23-18-19-37(6,7)32(41)21-31(45-35(42)28-14-10-8-11-15-28)24(2)20-30-33(46-36(43)29-16-12-9-13-17-29)25(3)22-38(30,47-27(5)40)34(23)44-26(4)39/h8-20,23,25,30-31,33-34H,21-22H2,1-7H3/t23-,25-,30+,31-,33+,34+,38-/m1/s1. The Kier molecular flexibility index (Phi) is 10.9. The van der Waals surface area contributed by atoms with Crippen LogP contribution in [0.5, 0.6) is 0 Å². The molecule has 47 heavy (non-hydrogen) atoms. The minimum absolute atomic E-state index is 0.128. The molecule has 2 aliphatic rings. The molecular formula is C38H44O9. The number of ketones is 1. The predicted octanol–water partition coefficient (Wildman–Crippen LogP) is 6.46. The number of hydrogen-bond acceptors (Lipinski definition) is 9. The minimum atomic E-state index is -1.48. The average Bonchev–Trinajstić information content (AvgIpc) is 3.27. The van der Waals surface area contributed by atoms with E-state index in [2.05, 4.69) is 0 Å². The summed E-state index contributed by atoms with van der Waals surface area (Å²) < 4.78 is 24.4. The van der Waals surface area contributed by atoms with Crippen molar-refractivity contribution in [3.05, 3.63) is 95.6 Å². The predicted molar refractivity (Wildman–Crippen MR) is 174 cm³/mol. The molecule has 250 valence electrons. The summed E-state index contributed by atoms with van der Waals surface area (Å²) in [5, 5.41) is 0. The van der Waals surface area contributed by atoms with E-state index in [1.165, 1.54) is 13.8 Å². The summed E-state index contributed by atoms with van der Waals surface area (Å²) in [7, 11) is 0. The van der Waals surface area contributed by atoms with Crippen LogP contribution >= 0.6 is 0 Å². The van der Waals surface area contributed by atoms with Crippen LogP contribution in [-0.4, -0.2) is 53.6 Å². The minimum Gasteiger partial charge on any atom is -0.458 e. The lowest BCUT2D eigenvalue weighted by Gasteiger charge is -2.43. The second kappa shape index (κ2) is 14.5. The van der Waals surface area contributed by atoms with Gasteiger partial charge in [-0.2, -0.15) is 0 Å². The van der Waals surface area contributed by atoms with Crippen LogP contribution in [0.25, 0.3) is 0 Å². The summed E-state index contributed by atoms with van der Waals surface area (Å²) in [6.07, 6.45) is 2.49. The number of carbonyl (C=O) groups excluding carboxylic acids is 5. The molecular weight excluding hydrogens is 600 g/mol. The smallest absolute Gasteiger partial charge is 0.338 e. The van der Waals surface area contributed by atoms with Crippen molar-refractivity contribution in [2.45, 2.75) is 85.2 Å². The molecule has 0 spiro atoms. The number of carbonyl (C=O) groups is 5. The molecule has 2 aromatic rings. The zero-order valence-corrected chi connectivity index (χ0v) is 28.1. The van der Waals surface area contributed by atoms with Crippen molar-refractivity contribution in [1.82, 2.24) is 0 Å². The molecule has 0 amide bonds. The number of fused-ring (bicyclic) bond motifs is 1. The molecule has 9 heteroatoms. The fourth-order valence-corrected chi connectivity index (χ4v) is 6.63. The van der Waals surface area contributed by atoms with Gasteiger partial charge in [0.2, 0.25) is 0 Å². The summed E-state index contributed by atoms with van der Waals surface area (Å²) in [6, 6.07) is 17.0. The quantitative estimate of drug-likeness (QED) is 0.198. The first-order valence-corrected chi connectivity index (χ1v) is 15.9. The van der Waals surface area contributed by atoms with Crippen LogP contribution in [0.4, 0.5) is 0 Å². The van der Waals surface area contributed by atoms with E-state index in [1.807, 2.05) is 13.8 Å². The highest BCUT2D eigenvalue weighted by atomic mass is 16.6. The van der Waals surface area contributed by atoms with Crippen molar-refractivity contribution in [1.29, 1.82) is 0 Å². The zero-order valence-electron chi connectivity index (χ0n) is 28.1. The van der Waals surface area contributed by atoms with Gasteiger partial charge >= 0.3 is 23.9 Å². The van der Waals surface area contributed by atoms with Crippen LogP contribution in [0, 0.1) is 23.2 Å². The topological polar surface area (TPSA) is 122 Å². The first-order chi connectivity index (χ1) is 22.1. The van der Waals surface area contributed by atoms with Crippen LogP contribution in [0.2, 0.25) is 0 Å². The molecule has 9 nitrogen and oxygen atoms in total. The lowest BCUT2D eigenvalue weighted by Crippen LogP contribution is -2.55. The Morgan fingerprint density at radius 1 is 0.787 bits per heavy atom. The Morgan fingerprint density at radius 2 is 1.34 bits per heavy atom. The van der Waals surface area contributed by atoms with Gasteiger partial charge in [-0.1, -0.05) is 68.5 Å². The number of ether oxygens (including phenoxy) is 4. The first-order valence-electron chi connectivity index (χ1n) is 15.9. The average molecular weight is 645 g/mol. The normalized spacial score (nSPS) is 28.8. The molecule has 0 aromatic heterocycles. The summed E-state index contributed by atoms with van der Waals surface area (Å²) in [4.78, 5) is 66.0. The van der Waals surface area contributed by atoms with Crippen molar-refractivity contribution < 1.29 is 42.9 Å². The van der Waals surface area contributed by atoms with Gasteiger partial charge in [0.05, 0.1) is 17.0 Å². The van der Waals surface area contributed by atoms with Crippen LogP contribution in [-0.2, 0) is 33.3 Å². The van der Waals surface area contributed by atoms with Gasteiger partial charge in [-0.15, -0.1) is 0 Å². The number of esters is 4. The second-order valence-electron chi connectivity index (χ2n) is 13.3. The molecule has 0 unspecified atom stereocenters. The molecule has 7 atom stereocenters. The number of Topliss-reactive ketones (excluding diaryl/α,β-unsaturated/α-hetero) is 1. The lowest BCUT2D eigenvalue weighted by atomic mass is 9.75. The molecule has 1 fully saturated rings. The van der Waals surface area contributed by atoms with Crippen molar-refractivity contribution in [3.8, 4) is 0 Å². The molecule has 2 aromatic carbocycles. The number of rotatable bonds is 6. The van der Waals surface area contributed by atoms with E-state index < -0.39 is 65.0 Å². The molecule has 1 saturated carbocycles. The largest absolute Gasteiger partial charge is 0.458 e. The van der Waals surface area contributed by atoms with Gasteiger partial charge in [-0.25, -0.2) is 9.59 Å². The van der Waals surface area contributed by atoms with Crippen LogP contribution < -0.4 is 0 Å².